The zero-order valence-electron chi connectivity index (χ0n) is 5.59. The van der Waals surface area contributed by atoms with Crippen LogP contribution in [0.3, 0.4) is 0 Å². The molecule has 0 aromatic carbocycles. The monoisotopic (exact) mass is 192 g/mol. The van der Waals surface area contributed by atoms with Gasteiger partial charge < -0.3 is 4.74 Å². The third kappa shape index (κ3) is 0.893. The molecule has 0 N–H and O–H groups in total. The van der Waals surface area contributed by atoms with E-state index in [1.165, 1.54) is 0 Å². The summed E-state index contributed by atoms with van der Waals surface area (Å²) in [4.78, 5) is 11.0. The normalized spacial score (nSPS) is 38.9. The van der Waals surface area contributed by atoms with E-state index in [0.717, 1.165) is 6.42 Å². The summed E-state index contributed by atoms with van der Waals surface area (Å²) in [5.74, 6) is -0.668. The average molecular weight is 193 g/mol. The maximum Gasteiger partial charge on any atom is 0.343 e. The number of alkyl halides is 2. The predicted molar refractivity (Wildman–Crippen MR) is 41.6 cm³/mol. The average Bonchev–Trinajstić information content (AvgIpc) is 2.41. The van der Waals surface area contributed by atoms with Gasteiger partial charge in [0.15, 0.2) is 0 Å². The first-order valence-corrected chi connectivity index (χ1v) is 4.13. The SMILES string of the molecule is O=C1O[C@@H]2CC=C[C@H]2C1(Cl)Cl. The Morgan fingerprint density at radius 3 is 3.00 bits per heavy atom. The molecule has 0 aromatic rings. The smallest absolute Gasteiger partial charge is 0.343 e. The van der Waals surface area contributed by atoms with Gasteiger partial charge in [-0.3, -0.25) is 0 Å². The molecule has 2 aliphatic rings. The third-order valence-electron chi connectivity index (χ3n) is 2.06. The number of carbonyl (C=O) groups is 1. The quantitative estimate of drug-likeness (QED) is 0.332. The lowest BCUT2D eigenvalue weighted by Gasteiger charge is -2.12. The Bertz CT molecular complexity index is 235. The van der Waals surface area contributed by atoms with Crippen molar-refractivity contribution in [3.8, 4) is 0 Å². The third-order valence-corrected chi connectivity index (χ3v) is 2.87. The molecule has 2 atom stereocenters. The molecule has 0 radical (unpaired) electrons. The number of hydrogen-bond donors (Lipinski definition) is 0. The molecule has 1 aliphatic carbocycles. The lowest BCUT2D eigenvalue weighted by Crippen LogP contribution is -2.27. The summed E-state index contributed by atoms with van der Waals surface area (Å²) in [6, 6.07) is 0. The molecule has 0 unspecified atom stereocenters. The van der Waals surface area contributed by atoms with Crippen LogP contribution in [0.1, 0.15) is 6.42 Å². The molecule has 60 valence electrons. The Hall–Kier alpha value is -0.210. The van der Waals surface area contributed by atoms with Crippen molar-refractivity contribution in [1.82, 2.24) is 0 Å². The van der Waals surface area contributed by atoms with Crippen LogP contribution >= 0.6 is 23.2 Å². The van der Waals surface area contributed by atoms with Gasteiger partial charge in [0.2, 0.25) is 4.33 Å². The lowest BCUT2D eigenvalue weighted by molar-refractivity contribution is -0.141. The van der Waals surface area contributed by atoms with Crippen molar-refractivity contribution in [3.63, 3.8) is 0 Å². The van der Waals surface area contributed by atoms with E-state index in [1.54, 1.807) is 0 Å². The van der Waals surface area contributed by atoms with Crippen molar-refractivity contribution in [2.24, 2.45) is 5.92 Å². The maximum absolute atomic E-state index is 11.0. The molecular formula is C7H6Cl2O2. The van der Waals surface area contributed by atoms with Crippen LogP contribution in [0.4, 0.5) is 0 Å². The lowest BCUT2D eigenvalue weighted by atomic mass is 10.1. The van der Waals surface area contributed by atoms with Gasteiger partial charge in [0, 0.05) is 6.42 Å². The second-order valence-electron chi connectivity index (χ2n) is 2.76. The fraction of sp³-hybridized carbons (Fsp3) is 0.571. The van der Waals surface area contributed by atoms with E-state index in [4.69, 9.17) is 27.9 Å². The fourth-order valence-electron chi connectivity index (χ4n) is 1.46. The van der Waals surface area contributed by atoms with Crippen LogP contribution in [0.2, 0.25) is 0 Å². The van der Waals surface area contributed by atoms with Gasteiger partial charge in [0.1, 0.15) is 6.10 Å². The van der Waals surface area contributed by atoms with E-state index in [9.17, 15) is 4.79 Å². The molecule has 1 saturated heterocycles. The molecule has 0 amide bonds. The zero-order chi connectivity index (χ0) is 8.06. The van der Waals surface area contributed by atoms with Crippen molar-refractivity contribution in [2.75, 3.05) is 0 Å². The molecule has 2 rings (SSSR count). The predicted octanol–water partition coefficient (Wildman–Crippen LogP) is 1.66. The molecule has 2 nitrogen and oxygen atoms in total. The number of rotatable bonds is 0. The molecule has 0 spiro atoms. The second kappa shape index (κ2) is 2.14. The van der Waals surface area contributed by atoms with Crippen LogP contribution in [0.15, 0.2) is 12.2 Å². The number of hydrogen-bond acceptors (Lipinski definition) is 2. The van der Waals surface area contributed by atoms with Gasteiger partial charge in [-0.05, 0) is 0 Å². The van der Waals surface area contributed by atoms with Crippen LogP contribution in [0, 0.1) is 5.92 Å². The first-order valence-electron chi connectivity index (χ1n) is 3.38. The van der Waals surface area contributed by atoms with Crippen molar-refractivity contribution in [1.29, 1.82) is 0 Å². The van der Waals surface area contributed by atoms with Gasteiger partial charge in [-0.15, -0.1) is 0 Å². The van der Waals surface area contributed by atoms with Crippen LogP contribution in [0.5, 0.6) is 0 Å². The highest BCUT2D eigenvalue weighted by molar-refractivity contribution is 6.58. The Kier molecular flexibility index (Phi) is 1.45. The minimum atomic E-state index is -1.35. The van der Waals surface area contributed by atoms with Gasteiger partial charge in [0.25, 0.3) is 0 Å². The van der Waals surface area contributed by atoms with Crippen molar-refractivity contribution in [2.45, 2.75) is 16.9 Å². The van der Waals surface area contributed by atoms with Gasteiger partial charge in [0.05, 0.1) is 5.92 Å². The van der Waals surface area contributed by atoms with Crippen LogP contribution in [-0.2, 0) is 9.53 Å². The highest BCUT2D eigenvalue weighted by Gasteiger charge is 2.55. The molecule has 0 saturated carbocycles. The van der Waals surface area contributed by atoms with Gasteiger partial charge in [-0.25, -0.2) is 4.79 Å². The molecule has 1 aliphatic heterocycles. The second-order valence-corrected chi connectivity index (χ2v) is 4.14. The molecule has 1 fully saturated rings. The van der Waals surface area contributed by atoms with E-state index in [2.05, 4.69) is 0 Å². The Labute approximate surface area is 74.1 Å². The highest BCUT2D eigenvalue weighted by atomic mass is 35.5. The topological polar surface area (TPSA) is 26.3 Å². The number of fused-ring (bicyclic) bond motifs is 1. The Balaban J connectivity index is 2.34. The van der Waals surface area contributed by atoms with E-state index in [-0.39, 0.29) is 12.0 Å². The van der Waals surface area contributed by atoms with Crippen LogP contribution in [-0.4, -0.2) is 16.4 Å². The van der Waals surface area contributed by atoms with Crippen LogP contribution < -0.4 is 0 Å². The molecule has 0 aromatic heterocycles. The summed E-state index contributed by atoms with van der Waals surface area (Å²) >= 11 is 11.5. The van der Waals surface area contributed by atoms with E-state index < -0.39 is 10.3 Å². The van der Waals surface area contributed by atoms with Crippen molar-refractivity contribution >= 4 is 29.2 Å². The Morgan fingerprint density at radius 1 is 1.64 bits per heavy atom. The standard InChI is InChI=1S/C7H6Cl2O2/c8-7(9)4-2-1-3-5(4)11-6(7)10/h1-2,4-5H,3H2/t4-,5-/m1/s1. The maximum atomic E-state index is 11.0. The van der Waals surface area contributed by atoms with Gasteiger partial charge >= 0.3 is 5.97 Å². The first kappa shape index (κ1) is 7.44. The van der Waals surface area contributed by atoms with Crippen molar-refractivity contribution in [3.05, 3.63) is 12.2 Å². The van der Waals surface area contributed by atoms with E-state index >= 15 is 0 Å². The summed E-state index contributed by atoms with van der Waals surface area (Å²) in [7, 11) is 0. The summed E-state index contributed by atoms with van der Waals surface area (Å²) in [6.07, 6.45) is 4.38. The molecule has 0 bridgehead atoms. The summed E-state index contributed by atoms with van der Waals surface area (Å²) in [5.41, 5.74) is 0. The summed E-state index contributed by atoms with van der Waals surface area (Å²) in [5, 5.41) is 0. The van der Waals surface area contributed by atoms with E-state index in [1.807, 2.05) is 12.2 Å². The number of carbonyl (C=O) groups excluding carboxylic acids is 1. The highest BCUT2D eigenvalue weighted by Crippen LogP contribution is 2.45. The number of esters is 1. The minimum absolute atomic E-state index is 0.127. The molecule has 4 heteroatoms. The largest absolute Gasteiger partial charge is 0.459 e. The van der Waals surface area contributed by atoms with Gasteiger partial charge in [-0.1, -0.05) is 35.4 Å². The number of ether oxygens (including phenoxy) is 1. The van der Waals surface area contributed by atoms with Gasteiger partial charge in [-0.2, -0.15) is 0 Å². The van der Waals surface area contributed by atoms with E-state index in [0.29, 0.717) is 0 Å². The van der Waals surface area contributed by atoms with Crippen molar-refractivity contribution < 1.29 is 9.53 Å². The minimum Gasteiger partial charge on any atom is -0.459 e. The fourth-order valence-corrected chi connectivity index (χ4v) is 1.97. The summed E-state index contributed by atoms with van der Waals surface area (Å²) < 4.78 is 3.59. The molecule has 1 heterocycles. The van der Waals surface area contributed by atoms with Crippen LogP contribution in [0.25, 0.3) is 0 Å². The molecule has 11 heavy (non-hydrogen) atoms. The summed E-state index contributed by atoms with van der Waals surface area (Å²) in [6.45, 7) is 0. The molecular weight excluding hydrogens is 187 g/mol. The Morgan fingerprint density at radius 2 is 2.36 bits per heavy atom. The zero-order valence-corrected chi connectivity index (χ0v) is 7.10. The number of halogens is 2. The first-order chi connectivity index (χ1) is 5.12.